The van der Waals surface area contributed by atoms with Gasteiger partial charge in [0.2, 0.25) is 0 Å². The molecule has 0 aliphatic heterocycles. The highest BCUT2D eigenvalue weighted by Crippen LogP contribution is 2.45. The summed E-state index contributed by atoms with van der Waals surface area (Å²) < 4.78 is 10.8. The number of hydrogen-bond acceptors (Lipinski definition) is 5. The number of ether oxygens (including phenoxy) is 2. The second-order valence-electron chi connectivity index (χ2n) is 7.14. The molecule has 0 radical (unpaired) electrons. The molecule has 1 aromatic heterocycles. The first kappa shape index (κ1) is 23.8. The molecule has 0 unspecified atom stereocenters. The van der Waals surface area contributed by atoms with Crippen molar-refractivity contribution in [3.05, 3.63) is 68.5 Å². The molecule has 3 N–H and O–H groups in total. The smallest absolute Gasteiger partial charge is 0.141 e. The summed E-state index contributed by atoms with van der Waals surface area (Å²) in [5.41, 5.74) is 8.25. The maximum absolute atomic E-state index is 6.65. The second kappa shape index (κ2) is 11.1. The van der Waals surface area contributed by atoms with Gasteiger partial charge in [-0.3, -0.25) is 0 Å². The van der Waals surface area contributed by atoms with E-state index >= 15 is 0 Å². The Morgan fingerprint density at radius 1 is 1.03 bits per heavy atom. The van der Waals surface area contributed by atoms with Gasteiger partial charge in [0.1, 0.15) is 17.3 Å². The van der Waals surface area contributed by atoms with Gasteiger partial charge in [-0.2, -0.15) is 0 Å². The Morgan fingerprint density at radius 3 is 2.25 bits per heavy atom. The van der Waals surface area contributed by atoms with Crippen molar-refractivity contribution in [2.24, 2.45) is 5.73 Å². The Kier molecular flexibility index (Phi) is 8.26. The molecule has 0 amide bonds. The molecule has 0 saturated carbocycles. The van der Waals surface area contributed by atoms with Crippen molar-refractivity contribution >= 4 is 41.3 Å². The Labute approximate surface area is 198 Å². The van der Waals surface area contributed by atoms with E-state index in [1.165, 1.54) is 0 Å². The summed E-state index contributed by atoms with van der Waals surface area (Å²) >= 11 is 13.3. The van der Waals surface area contributed by atoms with E-state index in [1.807, 2.05) is 24.3 Å². The van der Waals surface area contributed by atoms with Gasteiger partial charge < -0.3 is 20.5 Å². The van der Waals surface area contributed by atoms with E-state index in [2.05, 4.69) is 30.4 Å². The molecule has 7 heteroatoms. The van der Waals surface area contributed by atoms with Crippen LogP contribution >= 0.6 is 23.2 Å². The lowest BCUT2D eigenvalue weighted by atomic mass is 10.1. The summed E-state index contributed by atoms with van der Waals surface area (Å²) in [7, 11) is 3.08. The third-order valence-electron chi connectivity index (χ3n) is 5.04. The molecule has 3 aromatic rings. The van der Waals surface area contributed by atoms with E-state index in [1.54, 1.807) is 26.5 Å². The molecule has 0 aliphatic rings. The van der Waals surface area contributed by atoms with Crippen LogP contribution in [-0.2, 0) is 6.54 Å². The van der Waals surface area contributed by atoms with Crippen LogP contribution in [0.2, 0.25) is 10.0 Å². The molecule has 168 valence electrons. The van der Waals surface area contributed by atoms with E-state index in [9.17, 15) is 0 Å². The number of methoxy groups -OCH3 is 2. The third-order valence-corrected chi connectivity index (χ3v) is 5.79. The zero-order chi connectivity index (χ0) is 23.1. The Morgan fingerprint density at radius 2 is 1.69 bits per heavy atom. The standard InChI is InChI=1S/C25H27Cl2N3O2/c1-4-5-11-18-17(14-28)12-19(30-25(18)29-15-16-9-7-6-8-10-16)22-23(26)20(31-2)13-21(32-3)24(22)27/h6-14H,4-5,15,28H2,1-3H3,(H,29,30)/b17-14-,18-11+. The molecule has 5 nitrogen and oxygen atoms in total. The fourth-order valence-corrected chi connectivity index (χ4v) is 4.07. The Balaban J connectivity index is 2.23. The van der Waals surface area contributed by atoms with Gasteiger partial charge in [-0.1, -0.05) is 73.0 Å². The van der Waals surface area contributed by atoms with Crippen LogP contribution in [0.5, 0.6) is 11.5 Å². The Bertz CT molecular complexity index is 1170. The molecular formula is C25H27Cl2N3O2. The van der Waals surface area contributed by atoms with Crippen molar-refractivity contribution in [3.8, 4) is 22.8 Å². The number of nitrogens with one attached hydrogen (secondary N) is 1. The number of pyridine rings is 1. The first-order chi connectivity index (χ1) is 15.5. The molecule has 32 heavy (non-hydrogen) atoms. The van der Waals surface area contributed by atoms with Crippen LogP contribution in [0, 0.1) is 0 Å². The monoisotopic (exact) mass is 471 g/mol. The lowest BCUT2D eigenvalue weighted by Gasteiger charge is -2.16. The van der Waals surface area contributed by atoms with Crippen LogP contribution in [0.1, 0.15) is 25.3 Å². The lowest BCUT2D eigenvalue weighted by molar-refractivity contribution is 0.395. The fraction of sp³-hybridized carbons (Fsp3) is 0.240. The summed E-state index contributed by atoms with van der Waals surface area (Å²) in [6.45, 7) is 2.74. The van der Waals surface area contributed by atoms with E-state index in [0.717, 1.165) is 28.8 Å². The van der Waals surface area contributed by atoms with Gasteiger partial charge in [0, 0.05) is 34.8 Å². The van der Waals surface area contributed by atoms with Crippen molar-refractivity contribution in [2.75, 3.05) is 19.5 Å². The summed E-state index contributed by atoms with van der Waals surface area (Å²) in [6, 6.07) is 13.7. The molecule has 0 saturated heterocycles. The highest BCUT2D eigenvalue weighted by molar-refractivity contribution is 6.41. The quantitative estimate of drug-likeness (QED) is 0.485. The lowest BCUT2D eigenvalue weighted by Crippen LogP contribution is -2.31. The molecule has 0 spiro atoms. The molecule has 0 aliphatic carbocycles. The van der Waals surface area contributed by atoms with Crippen LogP contribution in [-0.4, -0.2) is 19.2 Å². The summed E-state index contributed by atoms with van der Waals surface area (Å²) in [6.07, 6.45) is 5.61. The van der Waals surface area contributed by atoms with Gasteiger partial charge in [0.05, 0.1) is 30.0 Å². The number of aromatic nitrogens is 1. The van der Waals surface area contributed by atoms with E-state index in [4.69, 9.17) is 43.4 Å². The Hall–Kier alpha value is -2.89. The van der Waals surface area contributed by atoms with Crippen LogP contribution in [0.4, 0.5) is 5.82 Å². The molecule has 0 fully saturated rings. The molecule has 0 bridgehead atoms. The summed E-state index contributed by atoms with van der Waals surface area (Å²) in [5, 5.41) is 5.93. The average Bonchev–Trinajstić information content (AvgIpc) is 2.82. The molecule has 1 heterocycles. The van der Waals surface area contributed by atoms with Crippen LogP contribution in [0.3, 0.4) is 0 Å². The van der Waals surface area contributed by atoms with Gasteiger partial charge in [0.25, 0.3) is 0 Å². The zero-order valence-corrected chi connectivity index (χ0v) is 19.9. The van der Waals surface area contributed by atoms with Crippen molar-refractivity contribution in [3.63, 3.8) is 0 Å². The minimum atomic E-state index is 0.355. The first-order valence-electron chi connectivity index (χ1n) is 10.3. The predicted molar refractivity (Wildman–Crippen MR) is 134 cm³/mol. The third kappa shape index (κ3) is 5.12. The number of benzene rings is 2. The summed E-state index contributed by atoms with van der Waals surface area (Å²) in [5.74, 6) is 1.59. The number of anilines is 1. The minimum Gasteiger partial charge on any atom is -0.495 e. The average molecular weight is 472 g/mol. The first-order valence-corrected chi connectivity index (χ1v) is 11.1. The maximum Gasteiger partial charge on any atom is 0.141 e. The van der Waals surface area contributed by atoms with Crippen LogP contribution in [0.15, 0.2) is 42.5 Å². The predicted octanol–water partition coefficient (Wildman–Crippen LogP) is 4.96. The van der Waals surface area contributed by atoms with E-state index in [-0.39, 0.29) is 0 Å². The van der Waals surface area contributed by atoms with Crippen molar-refractivity contribution in [2.45, 2.75) is 26.3 Å². The van der Waals surface area contributed by atoms with Gasteiger partial charge in [-0.15, -0.1) is 0 Å². The largest absolute Gasteiger partial charge is 0.495 e. The normalized spacial score (nSPS) is 12.2. The second-order valence-corrected chi connectivity index (χ2v) is 7.90. The van der Waals surface area contributed by atoms with Gasteiger partial charge in [0.15, 0.2) is 0 Å². The zero-order valence-electron chi connectivity index (χ0n) is 18.4. The topological polar surface area (TPSA) is 69.4 Å². The fourth-order valence-electron chi connectivity index (χ4n) is 3.37. The number of hydrogen-bond donors (Lipinski definition) is 2. The molecule has 0 atom stereocenters. The van der Waals surface area contributed by atoms with Crippen molar-refractivity contribution in [1.29, 1.82) is 0 Å². The van der Waals surface area contributed by atoms with Gasteiger partial charge in [-0.05, 0) is 18.1 Å². The highest BCUT2D eigenvalue weighted by Gasteiger charge is 2.20. The van der Waals surface area contributed by atoms with Crippen LogP contribution in [0.25, 0.3) is 23.5 Å². The van der Waals surface area contributed by atoms with E-state index < -0.39 is 0 Å². The number of nitrogens with two attached hydrogens (primary N) is 1. The SMILES string of the molecule is CCC/C=c1/c(NCc2ccccc2)nc(-c2c(Cl)c(OC)cc(OC)c2Cl)c/c1=C/N. The highest BCUT2D eigenvalue weighted by atomic mass is 35.5. The minimum absolute atomic E-state index is 0.355. The summed E-state index contributed by atoms with van der Waals surface area (Å²) in [4.78, 5) is 4.89. The van der Waals surface area contributed by atoms with Crippen molar-refractivity contribution < 1.29 is 9.47 Å². The van der Waals surface area contributed by atoms with Gasteiger partial charge in [-0.25, -0.2) is 4.98 Å². The molecule has 3 rings (SSSR count). The van der Waals surface area contributed by atoms with Gasteiger partial charge >= 0.3 is 0 Å². The number of rotatable bonds is 8. The van der Waals surface area contributed by atoms with Crippen LogP contribution < -0.4 is 31.0 Å². The molecule has 2 aromatic carbocycles. The number of nitrogens with zero attached hydrogens (tertiary/aromatic N) is 1. The number of unbranched alkanes of at least 4 members (excludes halogenated alkanes) is 1. The van der Waals surface area contributed by atoms with E-state index in [0.29, 0.717) is 45.2 Å². The number of halogens is 2. The molecular weight excluding hydrogens is 445 g/mol. The maximum atomic E-state index is 6.65. The van der Waals surface area contributed by atoms with Crippen molar-refractivity contribution in [1.82, 2.24) is 4.98 Å².